The summed E-state index contributed by atoms with van der Waals surface area (Å²) in [6, 6.07) is 4.66. The Morgan fingerprint density at radius 3 is 2.67 bits per heavy atom. The van der Waals surface area contributed by atoms with Crippen molar-refractivity contribution in [3.05, 3.63) is 23.8 Å². The van der Waals surface area contributed by atoms with Gasteiger partial charge in [-0.15, -0.1) is 0 Å². The minimum Gasteiger partial charge on any atom is -0.399 e. The highest BCUT2D eigenvalue weighted by molar-refractivity contribution is 7.89. The van der Waals surface area contributed by atoms with Crippen molar-refractivity contribution in [2.75, 3.05) is 12.3 Å². The molecule has 0 bridgehead atoms. The number of aliphatic hydroxyl groups excluding tert-OH is 1. The van der Waals surface area contributed by atoms with Crippen LogP contribution in [0.2, 0.25) is 0 Å². The first kappa shape index (κ1) is 13.3. The van der Waals surface area contributed by atoms with Crippen LogP contribution >= 0.6 is 0 Å². The minimum atomic E-state index is -3.48. The Morgan fingerprint density at radius 1 is 1.44 bits per heavy atom. The largest absolute Gasteiger partial charge is 0.399 e. The fourth-order valence-corrected chi connectivity index (χ4v) is 3.19. The van der Waals surface area contributed by atoms with Crippen molar-refractivity contribution in [3.8, 4) is 0 Å². The van der Waals surface area contributed by atoms with E-state index in [-0.39, 0.29) is 16.9 Å². The van der Waals surface area contributed by atoms with Gasteiger partial charge in [-0.2, -0.15) is 0 Å². The van der Waals surface area contributed by atoms with E-state index in [1.165, 1.54) is 6.07 Å². The molecule has 0 aromatic heterocycles. The van der Waals surface area contributed by atoms with Crippen LogP contribution in [0.1, 0.15) is 18.4 Å². The average Bonchev–Trinajstić information content (AvgIpc) is 2.26. The van der Waals surface area contributed by atoms with E-state index in [1.54, 1.807) is 19.1 Å². The smallest absolute Gasteiger partial charge is 0.240 e. The number of anilines is 1. The first-order valence-corrected chi connectivity index (χ1v) is 7.40. The molecule has 1 aromatic rings. The summed E-state index contributed by atoms with van der Waals surface area (Å²) in [7, 11) is -3.48. The van der Waals surface area contributed by atoms with Gasteiger partial charge in [0.2, 0.25) is 10.0 Å². The lowest BCUT2D eigenvalue weighted by Gasteiger charge is -2.31. The molecule has 18 heavy (non-hydrogen) atoms. The summed E-state index contributed by atoms with van der Waals surface area (Å²) in [4.78, 5) is 0.231. The van der Waals surface area contributed by atoms with Crippen molar-refractivity contribution in [2.24, 2.45) is 5.92 Å². The van der Waals surface area contributed by atoms with Gasteiger partial charge in [-0.05, 0) is 49.4 Å². The van der Waals surface area contributed by atoms with Gasteiger partial charge in [0.1, 0.15) is 0 Å². The number of nitrogen functional groups attached to an aromatic ring is 1. The second kappa shape index (κ2) is 4.87. The Labute approximate surface area is 107 Å². The molecular formula is C12H18N2O3S. The zero-order valence-corrected chi connectivity index (χ0v) is 11.1. The summed E-state index contributed by atoms with van der Waals surface area (Å²) in [5.41, 5.74) is 6.98. The van der Waals surface area contributed by atoms with Crippen molar-refractivity contribution >= 4 is 15.7 Å². The molecule has 1 aliphatic rings. The Bertz CT molecular complexity index is 536. The van der Waals surface area contributed by atoms with Crippen LogP contribution in [0.15, 0.2) is 23.1 Å². The van der Waals surface area contributed by atoms with Crippen LogP contribution in [0.4, 0.5) is 5.69 Å². The van der Waals surface area contributed by atoms with E-state index in [2.05, 4.69) is 4.72 Å². The van der Waals surface area contributed by atoms with Gasteiger partial charge in [0.25, 0.3) is 0 Å². The molecule has 0 radical (unpaired) electrons. The van der Waals surface area contributed by atoms with E-state index in [4.69, 9.17) is 10.8 Å². The maximum atomic E-state index is 12.0. The lowest BCUT2D eigenvalue weighted by Crippen LogP contribution is -2.38. The summed E-state index contributed by atoms with van der Waals surface area (Å²) in [6.45, 7) is 2.15. The second-order valence-electron chi connectivity index (χ2n) is 4.86. The third-order valence-corrected chi connectivity index (χ3v) is 4.75. The van der Waals surface area contributed by atoms with Crippen molar-refractivity contribution in [2.45, 2.75) is 30.8 Å². The second-order valence-corrected chi connectivity index (χ2v) is 6.63. The number of benzene rings is 1. The van der Waals surface area contributed by atoms with E-state index in [9.17, 15) is 8.42 Å². The number of hydrogen-bond donors (Lipinski definition) is 3. The molecule has 6 heteroatoms. The van der Waals surface area contributed by atoms with Crippen LogP contribution in [0.5, 0.6) is 0 Å². The van der Waals surface area contributed by atoms with Gasteiger partial charge in [-0.3, -0.25) is 0 Å². The van der Waals surface area contributed by atoms with Gasteiger partial charge >= 0.3 is 0 Å². The fourth-order valence-electron chi connectivity index (χ4n) is 1.99. The summed E-state index contributed by atoms with van der Waals surface area (Å²) >= 11 is 0. The summed E-state index contributed by atoms with van der Waals surface area (Å²) in [6.07, 6.45) is 1.07. The van der Waals surface area contributed by atoms with Gasteiger partial charge in [0.05, 0.1) is 11.0 Å². The number of sulfonamides is 1. The molecule has 1 aromatic carbocycles. The monoisotopic (exact) mass is 270 g/mol. The van der Waals surface area contributed by atoms with E-state index in [1.807, 2.05) is 0 Å². The molecule has 0 amide bonds. The standard InChI is InChI=1S/C12H18N2O3S/c1-8-4-11(2-3-12(8)13)18(16,17)14-7-9-5-10(15)6-9/h2-4,9-10,14-15H,5-7,13H2,1H3. The molecular weight excluding hydrogens is 252 g/mol. The molecule has 5 nitrogen and oxygen atoms in total. The molecule has 0 unspecified atom stereocenters. The first-order chi connectivity index (χ1) is 8.38. The van der Waals surface area contributed by atoms with Crippen LogP contribution in [0, 0.1) is 12.8 Å². The Morgan fingerprint density at radius 2 is 2.11 bits per heavy atom. The highest BCUT2D eigenvalue weighted by Gasteiger charge is 2.28. The maximum Gasteiger partial charge on any atom is 0.240 e. The number of hydrogen-bond acceptors (Lipinski definition) is 4. The van der Waals surface area contributed by atoms with Crippen LogP contribution in [-0.2, 0) is 10.0 Å². The topological polar surface area (TPSA) is 92.4 Å². The number of aliphatic hydroxyl groups is 1. The first-order valence-electron chi connectivity index (χ1n) is 5.92. The zero-order valence-electron chi connectivity index (χ0n) is 10.3. The van der Waals surface area contributed by atoms with Crippen molar-refractivity contribution in [1.82, 2.24) is 4.72 Å². The molecule has 4 N–H and O–H groups in total. The highest BCUT2D eigenvalue weighted by Crippen LogP contribution is 2.26. The van der Waals surface area contributed by atoms with Crippen LogP contribution in [-0.4, -0.2) is 26.2 Å². The Balaban J connectivity index is 2.03. The normalized spacial score (nSPS) is 23.7. The van der Waals surface area contributed by atoms with Gasteiger partial charge in [-0.1, -0.05) is 0 Å². The van der Waals surface area contributed by atoms with E-state index in [0.29, 0.717) is 25.1 Å². The summed E-state index contributed by atoms with van der Waals surface area (Å²) in [5, 5.41) is 9.14. The molecule has 1 saturated carbocycles. The van der Waals surface area contributed by atoms with E-state index < -0.39 is 10.0 Å². The predicted octanol–water partition coefficient (Wildman–Crippen LogP) is 0.626. The molecule has 1 fully saturated rings. The van der Waals surface area contributed by atoms with E-state index in [0.717, 1.165) is 5.56 Å². The molecule has 0 heterocycles. The van der Waals surface area contributed by atoms with Crippen molar-refractivity contribution in [3.63, 3.8) is 0 Å². The van der Waals surface area contributed by atoms with Crippen molar-refractivity contribution < 1.29 is 13.5 Å². The molecule has 2 rings (SSSR count). The van der Waals surface area contributed by atoms with Crippen LogP contribution < -0.4 is 10.5 Å². The maximum absolute atomic E-state index is 12.0. The number of rotatable bonds is 4. The molecule has 0 aliphatic heterocycles. The van der Waals surface area contributed by atoms with Crippen LogP contribution in [0.25, 0.3) is 0 Å². The van der Waals surface area contributed by atoms with Gasteiger partial charge in [-0.25, -0.2) is 13.1 Å². The van der Waals surface area contributed by atoms with Crippen molar-refractivity contribution in [1.29, 1.82) is 0 Å². The Hall–Kier alpha value is -1.11. The zero-order chi connectivity index (χ0) is 13.3. The highest BCUT2D eigenvalue weighted by atomic mass is 32.2. The third kappa shape index (κ3) is 2.82. The summed E-state index contributed by atoms with van der Waals surface area (Å²) < 4.78 is 26.6. The number of nitrogens with two attached hydrogens (primary N) is 1. The molecule has 0 saturated heterocycles. The average molecular weight is 270 g/mol. The molecule has 100 valence electrons. The van der Waals surface area contributed by atoms with E-state index >= 15 is 0 Å². The minimum absolute atomic E-state index is 0.231. The van der Waals surface area contributed by atoms with Crippen LogP contribution in [0.3, 0.4) is 0 Å². The number of nitrogens with one attached hydrogen (secondary N) is 1. The van der Waals surface area contributed by atoms with Gasteiger partial charge < -0.3 is 10.8 Å². The number of aryl methyl sites for hydroxylation is 1. The van der Waals surface area contributed by atoms with Gasteiger partial charge in [0, 0.05) is 12.2 Å². The summed E-state index contributed by atoms with van der Waals surface area (Å²) in [5.74, 6) is 0.240. The lowest BCUT2D eigenvalue weighted by atomic mass is 9.83. The molecule has 0 spiro atoms. The Kier molecular flexibility index (Phi) is 3.61. The quantitative estimate of drug-likeness (QED) is 0.700. The lowest BCUT2D eigenvalue weighted by molar-refractivity contribution is 0.0453. The molecule has 0 atom stereocenters. The molecule has 1 aliphatic carbocycles. The SMILES string of the molecule is Cc1cc(S(=O)(=O)NCC2CC(O)C2)ccc1N. The predicted molar refractivity (Wildman–Crippen MR) is 69.5 cm³/mol. The fraction of sp³-hybridized carbons (Fsp3) is 0.500. The van der Waals surface area contributed by atoms with Gasteiger partial charge in [0.15, 0.2) is 0 Å². The third-order valence-electron chi connectivity index (χ3n) is 3.32.